The molecular formula is C52H67N3O23Si. The van der Waals surface area contributed by atoms with E-state index in [9.17, 15) is 48.8 Å². The summed E-state index contributed by atoms with van der Waals surface area (Å²) in [6, 6.07) is 6.21. The molecule has 2 aliphatic heterocycles. The molecule has 2 aromatic rings. The summed E-state index contributed by atoms with van der Waals surface area (Å²) in [5, 5.41) is 25.4. The Morgan fingerprint density at radius 3 is 2.00 bits per heavy atom. The van der Waals surface area contributed by atoms with Crippen LogP contribution >= 0.6 is 0 Å². The minimum Gasteiger partial charge on any atom is -0.493 e. The molecule has 27 heteroatoms. The number of rotatable bonds is 29. The van der Waals surface area contributed by atoms with Crippen LogP contribution in [0.1, 0.15) is 48.0 Å². The van der Waals surface area contributed by atoms with Crippen LogP contribution < -0.4 is 19.5 Å². The Labute approximate surface area is 456 Å². The monoisotopic (exact) mass is 1130 g/mol. The molecule has 6 atom stereocenters. The van der Waals surface area contributed by atoms with E-state index in [0.29, 0.717) is 26.0 Å². The minimum absolute atomic E-state index is 0.00344. The number of carbonyl (C=O) groups is 7. The number of methoxy groups -OCH3 is 1. The highest BCUT2D eigenvalue weighted by Gasteiger charge is 2.57. The third-order valence-electron chi connectivity index (χ3n) is 11.3. The summed E-state index contributed by atoms with van der Waals surface area (Å²) in [5.74, 6) is -2.64. The van der Waals surface area contributed by atoms with Gasteiger partial charge in [0.2, 0.25) is 12.4 Å². The van der Waals surface area contributed by atoms with E-state index in [4.69, 9.17) is 61.6 Å². The zero-order chi connectivity index (χ0) is 58.1. The van der Waals surface area contributed by atoms with Gasteiger partial charge >= 0.3 is 42.2 Å². The van der Waals surface area contributed by atoms with Gasteiger partial charge in [0.15, 0.2) is 35.6 Å². The van der Waals surface area contributed by atoms with Crippen molar-refractivity contribution in [3.05, 3.63) is 102 Å². The Balaban J connectivity index is 1.66. The molecule has 4 rings (SSSR count). The molecule has 2 fully saturated rings. The number of ether oxygens (including phenoxy) is 13. The van der Waals surface area contributed by atoms with E-state index in [0.717, 1.165) is 24.6 Å². The zero-order valence-corrected chi connectivity index (χ0v) is 45.4. The molecule has 2 aromatic carbocycles. The predicted molar refractivity (Wildman–Crippen MR) is 279 cm³/mol. The van der Waals surface area contributed by atoms with E-state index in [-0.39, 0.29) is 60.3 Å². The minimum atomic E-state index is -2.17. The van der Waals surface area contributed by atoms with Crippen LogP contribution in [0.25, 0.3) is 0 Å². The number of piperidine rings is 1. The van der Waals surface area contributed by atoms with E-state index in [1.54, 1.807) is 0 Å². The van der Waals surface area contributed by atoms with Crippen LogP contribution in [-0.4, -0.2) is 162 Å². The van der Waals surface area contributed by atoms with Gasteiger partial charge in [0, 0.05) is 33.2 Å². The number of anilines is 1. The third kappa shape index (κ3) is 20.0. The summed E-state index contributed by atoms with van der Waals surface area (Å²) in [7, 11) is -0.0713. The molecule has 0 radical (unpaired) electrons. The lowest BCUT2D eigenvalue weighted by Gasteiger charge is -2.42. The van der Waals surface area contributed by atoms with E-state index in [1.807, 2.05) is 0 Å². The first-order valence-corrected chi connectivity index (χ1v) is 28.5. The average Bonchev–Trinajstić information content (AvgIpc) is 3.54. The average molecular weight is 1130 g/mol. The molecule has 2 amide bonds. The number of hydrogen-bond donors (Lipinski definition) is 2. The Bertz CT molecular complexity index is 2500. The molecule has 79 heavy (non-hydrogen) atoms. The number of aliphatic hydroxyl groups excluding tert-OH is 1. The fourth-order valence-corrected chi connectivity index (χ4v) is 8.22. The van der Waals surface area contributed by atoms with Crippen LogP contribution in [0.2, 0.25) is 25.7 Å². The predicted octanol–water partition coefficient (Wildman–Crippen LogP) is 7.34. The molecule has 2 heterocycles. The first kappa shape index (κ1) is 63.4. The van der Waals surface area contributed by atoms with Crippen LogP contribution in [-0.2, 0) is 63.6 Å². The van der Waals surface area contributed by atoms with Crippen LogP contribution in [0.4, 0.5) is 30.6 Å². The van der Waals surface area contributed by atoms with Gasteiger partial charge < -0.3 is 71.6 Å². The van der Waals surface area contributed by atoms with Gasteiger partial charge in [0.05, 0.1) is 49.1 Å². The van der Waals surface area contributed by atoms with Gasteiger partial charge in [-0.3, -0.25) is 25.0 Å². The molecule has 0 bridgehead atoms. The highest BCUT2D eigenvalue weighted by molar-refractivity contribution is 6.76. The molecule has 0 aromatic heterocycles. The van der Waals surface area contributed by atoms with Crippen LogP contribution in [0.15, 0.2) is 81.0 Å². The summed E-state index contributed by atoms with van der Waals surface area (Å²) in [6.07, 6.45) is -9.16. The SMILES string of the molecule is C=CCOC(=O)O[C@@H]1[C@@H](OC(=O)OCC=C)[C@H](Oc2ccc(COC(=O)Nc3cc(OCCCC(=O)OCC[Si](C)(C)C)c(OC)cc3C(=O)N3CCCC[C@H]3CO)cc2[N+](=O)[O-])O[C@H](C(=O)OCC=C)[C@H]1OC(=O)OCC=C. The molecule has 2 N–H and O–H groups in total. The maximum Gasteiger partial charge on any atom is 0.509 e. The first-order chi connectivity index (χ1) is 37.8. The Kier molecular flexibility index (Phi) is 25.6. The van der Waals surface area contributed by atoms with Gasteiger partial charge in [0.25, 0.3) is 5.91 Å². The number of nitro groups is 1. The van der Waals surface area contributed by atoms with Crippen molar-refractivity contribution in [3.63, 3.8) is 0 Å². The van der Waals surface area contributed by atoms with Gasteiger partial charge in [-0.2, -0.15) is 0 Å². The van der Waals surface area contributed by atoms with Gasteiger partial charge in [0.1, 0.15) is 33.0 Å². The van der Waals surface area contributed by atoms with Crippen molar-refractivity contribution in [2.24, 2.45) is 0 Å². The van der Waals surface area contributed by atoms with Crippen molar-refractivity contribution in [3.8, 4) is 17.2 Å². The number of aliphatic hydroxyl groups is 1. The largest absolute Gasteiger partial charge is 0.509 e. The van der Waals surface area contributed by atoms with Crippen molar-refractivity contribution in [2.75, 3.05) is 65.2 Å². The molecule has 0 unspecified atom stereocenters. The van der Waals surface area contributed by atoms with E-state index >= 15 is 0 Å². The summed E-state index contributed by atoms with van der Waals surface area (Å²) in [6.45, 7) is 18.4. The number of carbonyl (C=O) groups excluding carboxylic acids is 7. The van der Waals surface area contributed by atoms with Gasteiger partial charge in [-0.15, -0.1) is 0 Å². The number of nitro benzene ring substituents is 1. The number of hydrogen-bond acceptors (Lipinski definition) is 23. The van der Waals surface area contributed by atoms with Gasteiger partial charge in [-0.1, -0.05) is 76.3 Å². The number of benzene rings is 2. The van der Waals surface area contributed by atoms with Crippen molar-refractivity contribution >= 4 is 61.9 Å². The fourth-order valence-electron chi connectivity index (χ4n) is 7.51. The number of esters is 2. The zero-order valence-electron chi connectivity index (χ0n) is 44.4. The van der Waals surface area contributed by atoms with Crippen LogP contribution in [0.5, 0.6) is 17.2 Å². The summed E-state index contributed by atoms with van der Waals surface area (Å²) in [4.78, 5) is 106. The normalized spacial score (nSPS) is 18.6. The lowest BCUT2D eigenvalue weighted by atomic mass is 9.98. The molecule has 2 aliphatic rings. The van der Waals surface area contributed by atoms with Crippen LogP contribution in [0, 0.1) is 10.1 Å². The Hall–Kier alpha value is -8.17. The van der Waals surface area contributed by atoms with E-state index < -0.39 is 131 Å². The van der Waals surface area contributed by atoms with Crippen molar-refractivity contribution < 1.29 is 105 Å². The summed E-state index contributed by atoms with van der Waals surface area (Å²) >= 11 is 0. The number of nitrogens with one attached hydrogen (secondary N) is 1. The molecule has 432 valence electrons. The van der Waals surface area contributed by atoms with Gasteiger partial charge in [-0.05, 0) is 49.4 Å². The summed E-state index contributed by atoms with van der Waals surface area (Å²) < 4.78 is 70.4. The van der Waals surface area contributed by atoms with E-state index in [2.05, 4.69) is 51.3 Å². The second kappa shape index (κ2) is 31.9. The number of nitrogens with zero attached hydrogens (tertiary/aromatic N) is 2. The topological polar surface area (TPSA) is 318 Å². The standard InChI is InChI=1S/C52H67N3O23Si/c1-9-21-69-47(59)44-42(76-50(61)70-22-10-2)43(77-51(62)71-23-11-3)45(78-52(63)72-24-12-4)48(75-44)74-38-19-18-33(28-37(38)55(64)65)32-73-49(60)53-36-30-40(67-25-15-17-41(57)68-26-27-79(6,7)8)39(66-5)29-35(36)46(58)54-20-14-13-16-34(54)31-56/h9-12,18-19,28-30,34,42-45,48,56H,1-4,13-17,20-27,31-32H2,5-8H3,(H,53,60)/t34-,42-,43-,44-,45+,48+/m0/s1. The molecule has 2 saturated heterocycles. The quantitative estimate of drug-likeness (QED) is 0.0153. The third-order valence-corrected chi connectivity index (χ3v) is 13.0. The smallest absolute Gasteiger partial charge is 0.493 e. The van der Waals surface area contributed by atoms with E-state index in [1.165, 1.54) is 54.5 Å². The number of likely N-dealkylation sites (tertiary alicyclic amines) is 1. The first-order valence-electron chi connectivity index (χ1n) is 24.8. The van der Waals surface area contributed by atoms with Gasteiger partial charge in [-0.25, -0.2) is 24.0 Å². The second-order valence-corrected chi connectivity index (χ2v) is 24.0. The Morgan fingerprint density at radius 1 is 0.785 bits per heavy atom. The molecule has 0 saturated carbocycles. The lowest BCUT2D eigenvalue weighted by molar-refractivity contribution is -0.387. The maximum absolute atomic E-state index is 14.2. The Morgan fingerprint density at radius 2 is 1.41 bits per heavy atom. The highest BCUT2D eigenvalue weighted by Crippen LogP contribution is 2.38. The fraction of sp³-hybridized carbons (Fsp3) is 0.481. The molecular weight excluding hydrogens is 1060 g/mol. The van der Waals surface area contributed by atoms with Crippen molar-refractivity contribution in [1.29, 1.82) is 0 Å². The lowest BCUT2D eigenvalue weighted by Crippen LogP contribution is -2.64. The second-order valence-electron chi connectivity index (χ2n) is 18.4. The van der Waals surface area contributed by atoms with Crippen molar-refractivity contribution in [2.45, 2.75) is 101 Å². The molecule has 0 spiro atoms. The molecule has 0 aliphatic carbocycles. The number of amides is 2. The van der Waals surface area contributed by atoms with Crippen LogP contribution in [0.3, 0.4) is 0 Å². The summed E-state index contributed by atoms with van der Waals surface area (Å²) in [5.41, 5.74) is -0.955. The maximum atomic E-state index is 14.2. The highest BCUT2D eigenvalue weighted by atomic mass is 28.3. The molecule has 26 nitrogen and oxygen atoms in total. The van der Waals surface area contributed by atoms with Crippen molar-refractivity contribution in [1.82, 2.24) is 4.90 Å².